The molecule has 2 aromatic heterocycles. The van der Waals surface area contributed by atoms with Gasteiger partial charge in [-0.05, 0) is 31.5 Å². The largest absolute Gasteiger partial charge is 0.396 e. The Labute approximate surface area is 142 Å². The molecule has 0 radical (unpaired) electrons. The summed E-state index contributed by atoms with van der Waals surface area (Å²) < 4.78 is 28.8. The molecule has 7 nitrogen and oxygen atoms in total. The minimum absolute atomic E-state index is 0.0589. The maximum atomic E-state index is 12.8. The molecule has 1 fully saturated rings. The van der Waals surface area contributed by atoms with Crippen molar-refractivity contribution in [3.8, 4) is 0 Å². The molecule has 3 heterocycles. The second-order valence-electron chi connectivity index (χ2n) is 6.41. The molecule has 0 spiro atoms. The van der Waals surface area contributed by atoms with Gasteiger partial charge in [-0.25, -0.2) is 8.42 Å². The quantitative estimate of drug-likeness (QED) is 0.877. The summed E-state index contributed by atoms with van der Waals surface area (Å²) in [6.45, 7) is 4.65. The van der Waals surface area contributed by atoms with E-state index in [2.05, 4.69) is 10.1 Å². The van der Waals surface area contributed by atoms with Crippen molar-refractivity contribution in [2.45, 2.75) is 30.7 Å². The summed E-state index contributed by atoms with van der Waals surface area (Å²) in [6.07, 6.45) is 6.61. The highest BCUT2D eigenvalue weighted by Gasteiger charge is 2.40. The van der Waals surface area contributed by atoms with Gasteiger partial charge in [0.1, 0.15) is 4.90 Å². The second kappa shape index (κ2) is 6.62. The van der Waals surface area contributed by atoms with E-state index in [0.29, 0.717) is 13.1 Å². The molecule has 0 unspecified atom stereocenters. The zero-order valence-electron chi connectivity index (χ0n) is 13.8. The van der Waals surface area contributed by atoms with E-state index in [9.17, 15) is 13.5 Å². The fraction of sp³-hybridized carbons (Fsp3) is 0.500. The number of aromatic nitrogens is 3. The third kappa shape index (κ3) is 3.09. The van der Waals surface area contributed by atoms with Gasteiger partial charge in [0.25, 0.3) is 0 Å². The molecule has 8 heteroatoms. The van der Waals surface area contributed by atoms with Gasteiger partial charge >= 0.3 is 0 Å². The first-order valence-corrected chi connectivity index (χ1v) is 9.42. The van der Waals surface area contributed by atoms with Crippen molar-refractivity contribution < 1.29 is 13.5 Å². The SMILES string of the molecule is CC(C)n1cc([C@@H]2CN(S(=O)(=O)c3cccnc3)C[C@H]2CO)cn1. The molecule has 0 aromatic carbocycles. The van der Waals surface area contributed by atoms with Crippen molar-refractivity contribution in [2.75, 3.05) is 19.7 Å². The third-order valence-electron chi connectivity index (χ3n) is 4.49. The molecule has 2 aromatic rings. The summed E-state index contributed by atoms with van der Waals surface area (Å²) in [5.41, 5.74) is 0.964. The maximum absolute atomic E-state index is 12.8. The Kier molecular flexibility index (Phi) is 4.71. The molecule has 1 saturated heterocycles. The summed E-state index contributed by atoms with van der Waals surface area (Å²) >= 11 is 0. The summed E-state index contributed by atoms with van der Waals surface area (Å²) in [5, 5.41) is 14.0. The molecule has 3 rings (SSSR count). The second-order valence-corrected chi connectivity index (χ2v) is 8.35. The lowest BCUT2D eigenvalue weighted by molar-refractivity contribution is 0.223. The highest BCUT2D eigenvalue weighted by Crippen LogP contribution is 2.35. The molecule has 0 aliphatic carbocycles. The molecule has 1 N–H and O–H groups in total. The van der Waals surface area contributed by atoms with Gasteiger partial charge in [0.2, 0.25) is 10.0 Å². The van der Waals surface area contributed by atoms with Crippen LogP contribution in [0.25, 0.3) is 0 Å². The van der Waals surface area contributed by atoms with E-state index in [-0.39, 0.29) is 29.4 Å². The molecule has 2 atom stereocenters. The van der Waals surface area contributed by atoms with Crippen LogP contribution in [-0.4, -0.2) is 52.3 Å². The number of sulfonamides is 1. The average molecular weight is 350 g/mol. The van der Waals surface area contributed by atoms with Crippen molar-refractivity contribution in [3.05, 3.63) is 42.5 Å². The van der Waals surface area contributed by atoms with Gasteiger partial charge in [-0.3, -0.25) is 9.67 Å². The fourth-order valence-electron chi connectivity index (χ4n) is 3.07. The van der Waals surface area contributed by atoms with Crippen LogP contribution in [0.2, 0.25) is 0 Å². The van der Waals surface area contributed by atoms with E-state index in [0.717, 1.165) is 5.56 Å². The van der Waals surface area contributed by atoms with Gasteiger partial charge < -0.3 is 5.11 Å². The van der Waals surface area contributed by atoms with E-state index in [1.807, 2.05) is 24.7 Å². The van der Waals surface area contributed by atoms with Crippen LogP contribution in [-0.2, 0) is 10.0 Å². The lowest BCUT2D eigenvalue weighted by Gasteiger charge is -2.16. The topological polar surface area (TPSA) is 88.3 Å². The van der Waals surface area contributed by atoms with Crippen LogP contribution in [0.1, 0.15) is 31.4 Å². The Hall–Kier alpha value is -1.77. The van der Waals surface area contributed by atoms with Crippen LogP contribution in [0, 0.1) is 5.92 Å². The smallest absolute Gasteiger partial charge is 0.244 e. The van der Waals surface area contributed by atoms with Gasteiger partial charge in [0.05, 0.1) is 6.20 Å². The maximum Gasteiger partial charge on any atom is 0.244 e. The van der Waals surface area contributed by atoms with Crippen LogP contribution in [0.15, 0.2) is 41.8 Å². The van der Waals surface area contributed by atoms with E-state index in [4.69, 9.17) is 0 Å². The first-order chi connectivity index (χ1) is 11.4. The number of rotatable bonds is 5. The van der Waals surface area contributed by atoms with Gasteiger partial charge in [-0.15, -0.1) is 0 Å². The van der Waals surface area contributed by atoms with E-state index >= 15 is 0 Å². The summed E-state index contributed by atoms with van der Waals surface area (Å²) in [5.74, 6) is -0.199. The number of nitrogens with zero attached hydrogens (tertiary/aromatic N) is 4. The summed E-state index contributed by atoms with van der Waals surface area (Å²) in [7, 11) is -3.60. The van der Waals surface area contributed by atoms with E-state index in [1.165, 1.54) is 10.5 Å². The van der Waals surface area contributed by atoms with Crippen molar-refractivity contribution in [1.82, 2.24) is 19.1 Å². The Morgan fingerprint density at radius 3 is 2.71 bits per heavy atom. The molecule has 0 saturated carbocycles. The normalized spacial score (nSPS) is 22.3. The van der Waals surface area contributed by atoms with Crippen LogP contribution < -0.4 is 0 Å². The average Bonchev–Trinajstić information content (AvgIpc) is 3.22. The standard InChI is InChI=1S/C16H22N4O3S/c1-12(2)20-9-13(6-18-20)16-10-19(8-14(16)11-21)24(22,23)15-4-3-5-17-7-15/h3-7,9,12,14,16,21H,8,10-11H2,1-2H3/t14-,16-/m0/s1. The van der Waals surface area contributed by atoms with Crippen LogP contribution in [0.5, 0.6) is 0 Å². The lowest BCUT2D eigenvalue weighted by atomic mass is 9.92. The molecule has 0 bridgehead atoms. The molecule has 24 heavy (non-hydrogen) atoms. The van der Waals surface area contributed by atoms with E-state index in [1.54, 1.807) is 24.5 Å². The zero-order valence-corrected chi connectivity index (χ0v) is 14.6. The number of aliphatic hydroxyl groups is 1. The summed E-state index contributed by atoms with van der Waals surface area (Å²) in [4.78, 5) is 4.07. The van der Waals surface area contributed by atoms with Gasteiger partial charge in [0.15, 0.2) is 0 Å². The summed E-state index contributed by atoms with van der Waals surface area (Å²) in [6, 6.07) is 3.39. The predicted molar refractivity (Wildman–Crippen MR) is 88.9 cm³/mol. The number of aliphatic hydroxyl groups excluding tert-OH is 1. The third-order valence-corrected chi connectivity index (χ3v) is 6.31. The Balaban J connectivity index is 1.86. The van der Waals surface area contributed by atoms with Crippen LogP contribution >= 0.6 is 0 Å². The molecule has 1 aliphatic heterocycles. The Morgan fingerprint density at radius 1 is 1.33 bits per heavy atom. The zero-order chi connectivity index (χ0) is 17.3. The lowest BCUT2D eigenvalue weighted by Crippen LogP contribution is -2.29. The molecule has 0 amide bonds. The van der Waals surface area contributed by atoms with E-state index < -0.39 is 10.0 Å². The number of hydrogen-bond acceptors (Lipinski definition) is 5. The fourth-order valence-corrected chi connectivity index (χ4v) is 4.55. The number of hydrogen-bond donors (Lipinski definition) is 1. The highest BCUT2D eigenvalue weighted by molar-refractivity contribution is 7.89. The molecular formula is C16H22N4O3S. The first-order valence-electron chi connectivity index (χ1n) is 7.98. The van der Waals surface area contributed by atoms with Gasteiger partial charge in [-0.2, -0.15) is 9.40 Å². The highest BCUT2D eigenvalue weighted by atomic mass is 32.2. The minimum Gasteiger partial charge on any atom is -0.396 e. The minimum atomic E-state index is -3.60. The van der Waals surface area contributed by atoms with Gasteiger partial charge in [0, 0.05) is 56.2 Å². The molecule has 130 valence electrons. The van der Waals surface area contributed by atoms with Crippen molar-refractivity contribution in [1.29, 1.82) is 0 Å². The van der Waals surface area contributed by atoms with Crippen molar-refractivity contribution in [2.24, 2.45) is 5.92 Å². The van der Waals surface area contributed by atoms with Crippen LogP contribution in [0.3, 0.4) is 0 Å². The Bertz CT molecular complexity index is 789. The Morgan fingerprint density at radius 2 is 2.12 bits per heavy atom. The predicted octanol–water partition coefficient (Wildman–Crippen LogP) is 1.26. The van der Waals surface area contributed by atoms with Crippen LogP contribution in [0.4, 0.5) is 0 Å². The van der Waals surface area contributed by atoms with Crippen molar-refractivity contribution in [3.63, 3.8) is 0 Å². The van der Waals surface area contributed by atoms with Gasteiger partial charge in [-0.1, -0.05) is 0 Å². The molecular weight excluding hydrogens is 328 g/mol. The van der Waals surface area contributed by atoms with Crippen molar-refractivity contribution >= 4 is 10.0 Å². The number of pyridine rings is 1. The first kappa shape index (κ1) is 17.1. The monoisotopic (exact) mass is 350 g/mol. The molecule has 1 aliphatic rings.